The Morgan fingerprint density at radius 2 is 1.73 bits per heavy atom. The van der Waals surface area contributed by atoms with Crippen LogP contribution in [0.2, 0.25) is 0 Å². The monoisotopic (exact) mass is 345 g/mol. The average Bonchev–Trinajstić information content (AvgIpc) is 3.41. The zero-order valence-corrected chi connectivity index (χ0v) is 15.3. The van der Waals surface area contributed by atoms with Gasteiger partial charge in [-0.3, -0.25) is 0 Å². The molecule has 5 unspecified atom stereocenters. The summed E-state index contributed by atoms with van der Waals surface area (Å²) in [4.78, 5) is 2.33. The van der Waals surface area contributed by atoms with Gasteiger partial charge in [-0.05, 0) is 73.0 Å². The molecule has 134 valence electrons. The highest BCUT2D eigenvalue weighted by Crippen LogP contribution is 2.64. The second kappa shape index (κ2) is 5.77. The zero-order chi connectivity index (χ0) is 17.1. The molecule has 5 atom stereocenters. The van der Waals surface area contributed by atoms with E-state index in [2.05, 4.69) is 53.4 Å². The summed E-state index contributed by atoms with van der Waals surface area (Å²) in [5.74, 6) is 5.96. The molecule has 0 saturated heterocycles. The Bertz CT molecular complexity index is 816. The first-order valence-corrected chi connectivity index (χ1v) is 10.4. The van der Waals surface area contributed by atoms with E-state index in [1.54, 1.807) is 0 Å². The molecule has 6 rings (SSSR count). The molecule has 2 nitrogen and oxygen atoms in total. The second-order valence-electron chi connectivity index (χ2n) is 8.90. The number of ether oxygens (including phenoxy) is 1. The number of para-hydroxylation sites is 2. The molecule has 1 aliphatic heterocycles. The van der Waals surface area contributed by atoms with E-state index >= 15 is 0 Å². The van der Waals surface area contributed by atoms with Crippen molar-refractivity contribution in [1.29, 1.82) is 0 Å². The Balaban J connectivity index is 1.30. The smallest absolute Gasteiger partial charge is 0.161 e. The van der Waals surface area contributed by atoms with Gasteiger partial charge in [0, 0.05) is 17.8 Å². The van der Waals surface area contributed by atoms with Crippen molar-refractivity contribution in [3.05, 3.63) is 59.7 Å². The fourth-order valence-electron chi connectivity index (χ4n) is 6.82. The number of benzene rings is 2. The Morgan fingerprint density at radius 1 is 0.846 bits per heavy atom. The number of nitrogens with zero attached hydrogens (tertiary/aromatic N) is 1. The van der Waals surface area contributed by atoms with Crippen LogP contribution in [-0.2, 0) is 6.54 Å². The van der Waals surface area contributed by atoms with E-state index in [4.69, 9.17) is 4.74 Å². The van der Waals surface area contributed by atoms with Gasteiger partial charge in [-0.25, -0.2) is 0 Å². The van der Waals surface area contributed by atoms with Crippen molar-refractivity contribution in [1.82, 2.24) is 0 Å². The number of hydrogen-bond donors (Lipinski definition) is 0. The van der Waals surface area contributed by atoms with Gasteiger partial charge >= 0.3 is 0 Å². The molecule has 0 spiro atoms. The van der Waals surface area contributed by atoms with E-state index in [-0.39, 0.29) is 0 Å². The fraction of sp³-hybridized carbons (Fsp3) is 0.500. The summed E-state index contributed by atoms with van der Waals surface area (Å²) in [6.45, 7) is 1.63. The molecule has 0 amide bonds. The van der Waals surface area contributed by atoms with Crippen LogP contribution in [0.15, 0.2) is 48.5 Å². The summed E-state index contributed by atoms with van der Waals surface area (Å²) in [5, 5.41) is 0. The highest BCUT2D eigenvalue weighted by molar-refractivity contribution is 5.52. The topological polar surface area (TPSA) is 12.5 Å². The molecule has 3 saturated carbocycles. The fourth-order valence-corrected chi connectivity index (χ4v) is 6.82. The Hall–Kier alpha value is -1.96. The van der Waals surface area contributed by atoms with E-state index in [0.29, 0.717) is 6.73 Å². The summed E-state index contributed by atoms with van der Waals surface area (Å²) in [6.07, 6.45) is 7.37. The number of anilines is 1. The van der Waals surface area contributed by atoms with Crippen molar-refractivity contribution in [2.24, 2.45) is 23.7 Å². The van der Waals surface area contributed by atoms with Gasteiger partial charge < -0.3 is 9.64 Å². The van der Waals surface area contributed by atoms with Gasteiger partial charge in [0.25, 0.3) is 0 Å². The van der Waals surface area contributed by atoms with Gasteiger partial charge in [-0.15, -0.1) is 0 Å². The van der Waals surface area contributed by atoms with Crippen LogP contribution in [0.1, 0.15) is 49.1 Å². The lowest BCUT2D eigenvalue weighted by Gasteiger charge is -2.36. The Morgan fingerprint density at radius 3 is 2.65 bits per heavy atom. The first kappa shape index (κ1) is 15.1. The maximum Gasteiger partial charge on any atom is 0.161 e. The van der Waals surface area contributed by atoms with E-state index < -0.39 is 0 Å². The standard InChI is InChI=1S/C24H27NO/c1-2-7-18(8-3-1)25-14-16-6-4-11-21(24(16)26-15-25)23-13-17-12-22(23)20-10-5-9-19(17)20/h1-4,6-8,11,17,19-20,22-23H,5,9-10,12-15H2. The van der Waals surface area contributed by atoms with Crippen LogP contribution in [0.4, 0.5) is 5.69 Å². The molecule has 2 heteroatoms. The van der Waals surface area contributed by atoms with E-state index in [1.807, 2.05) is 0 Å². The number of hydrogen-bond acceptors (Lipinski definition) is 2. The third-order valence-corrected chi connectivity index (χ3v) is 7.80. The molecule has 2 aromatic carbocycles. The van der Waals surface area contributed by atoms with Crippen molar-refractivity contribution >= 4 is 5.69 Å². The van der Waals surface area contributed by atoms with Gasteiger partial charge in [0.1, 0.15) is 5.75 Å². The summed E-state index contributed by atoms with van der Waals surface area (Å²) in [5.41, 5.74) is 4.13. The Labute approximate surface area is 156 Å². The van der Waals surface area contributed by atoms with E-state index in [0.717, 1.165) is 36.1 Å². The molecule has 0 aromatic heterocycles. The van der Waals surface area contributed by atoms with Gasteiger partial charge in [0.15, 0.2) is 6.73 Å². The molecular formula is C24H27NO. The highest BCUT2D eigenvalue weighted by Gasteiger charge is 2.54. The van der Waals surface area contributed by atoms with Crippen molar-refractivity contribution in [3.63, 3.8) is 0 Å². The minimum Gasteiger partial charge on any atom is -0.472 e. The van der Waals surface area contributed by atoms with Gasteiger partial charge in [0.2, 0.25) is 0 Å². The third kappa shape index (κ3) is 2.17. The second-order valence-corrected chi connectivity index (χ2v) is 8.90. The van der Waals surface area contributed by atoms with Crippen LogP contribution in [0.5, 0.6) is 5.75 Å². The van der Waals surface area contributed by atoms with Crippen molar-refractivity contribution in [3.8, 4) is 5.75 Å². The molecule has 4 aliphatic rings. The molecular weight excluding hydrogens is 318 g/mol. The first-order chi connectivity index (χ1) is 12.9. The number of fused-ring (bicyclic) bond motifs is 6. The van der Waals surface area contributed by atoms with Crippen LogP contribution >= 0.6 is 0 Å². The van der Waals surface area contributed by atoms with E-state index in [9.17, 15) is 0 Å². The Kier molecular flexibility index (Phi) is 3.36. The maximum absolute atomic E-state index is 6.38. The quantitative estimate of drug-likeness (QED) is 0.704. The maximum atomic E-state index is 6.38. The first-order valence-electron chi connectivity index (χ1n) is 10.4. The van der Waals surface area contributed by atoms with E-state index in [1.165, 1.54) is 54.7 Å². The molecule has 0 N–H and O–H groups in total. The predicted molar refractivity (Wildman–Crippen MR) is 104 cm³/mol. The lowest BCUT2D eigenvalue weighted by atomic mass is 9.73. The lowest BCUT2D eigenvalue weighted by Crippen LogP contribution is -2.33. The SMILES string of the molecule is c1ccc(N2COc3c(cccc3C3CC4CC3C3CCCC43)C2)cc1. The molecule has 0 radical (unpaired) electrons. The third-order valence-electron chi connectivity index (χ3n) is 7.80. The molecule has 2 bridgehead atoms. The summed E-state index contributed by atoms with van der Waals surface area (Å²) in [6, 6.07) is 17.5. The normalized spacial score (nSPS) is 34.5. The highest BCUT2D eigenvalue weighted by atomic mass is 16.5. The summed E-state index contributed by atoms with van der Waals surface area (Å²) < 4.78 is 6.38. The van der Waals surface area contributed by atoms with Crippen molar-refractivity contribution in [2.75, 3.05) is 11.6 Å². The molecule has 3 fully saturated rings. The van der Waals surface area contributed by atoms with Gasteiger partial charge in [0.05, 0.1) is 0 Å². The van der Waals surface area contributed by atoms with Crippen LogP contribution in [0.3, 0.4) is 0 Å². The molecule has 2 aromatic rings. The van der Waals surface area contributed by atoms with Crippen molar-refractivity contribution < 1.29 is 4.74 Å². The molecule has 1 heterocycles. The summed E-state index contributed by atoms with van der Waals surface area (Å²) in [7, 11) is 0. The average molecular weight is 345 g/mol. The zero-order valence-electron chi connectivity index (χ0n) is 15.3. The van der Waals surface area contributed by atoms with Gasteiger partial charge in [-0.2, -0.15) is 0 Å². The van der Waals surface area contributed by atoms with Crippen LogP contribution < -0.4 is 9.64 Å². The van der Waals surface area contributed by atoms with Crippen LogP contribution in [0.25, 0.3) is 0 Å². The van der Waals surface area contributed by atoms with Crippen LogP contribution in [-0.4, -0.2) is 6.73 Å². The van der Waals surface area contributed by atoms with Crippen LogP contribution in [0, 0.1) is 23.7 Å². The minimum absolute atomic E-state index is 0.668. The predicted octanol–water partition coefficient (Wildman–Crippen LogP) is 5.58. The molecule has 3 aliphatic carbocycles. The largest absolute Gasteiger partial charge is 0.472 e. The minimum atomic E-state index is 0.668. The lowest BCUT2D eigenvalue weighted by molar-refractivity contribution is 0.224. The number of rotatable bonds is 2. The summed E-state index contributed by atoms with van der Waals surface area (Å²) >= 11 is 0. The van der Waals surface area contributed by atoms with Gasteiger partial charge in [-0.1, -0.05) is 42.8 Å². The van der Waals surface area contributed by atoms with Crippen molar-refractivity contribution in [2.45, 2.75) is 44.6 Å². The molecule has 26 heavy (non-hydrogen) atoms.